The Labute approximate surface area is 92.5 Å². The first-order valence-electron chi connectivity index (χ1n) is 5.17. The van der Waals surface area contributed by atoms with Gasteiger partial charge in [-0.2, -0.15) is 5.10 Å². The Hall–Kier alpha value is -2.10. The van der Waals surface area contributed by atoms with Crippen LogP contribution < -0.4 is 5.73 Å². The van der Waals surface area contributed by atoms with Gasteiger partial charge < -0.3 is 5.73 Å². The summed E-state index contributed by atoms with van der Waals surface area (Å²) in [6.45, 7) is 4.13. The third kappa shape index (κ3) is 1.10. The van der Waals surface area contributed by atoms with Crippen LogP contribution in [-0.4, -0.2) is 15.2 Å². The van der Waals surface area contributed by atoms with E-state index in [0.29, 0.717) is 11.5 Å². The van der Waals surface area contributed by atoms with E-state index in [1.807, 2.05) is 0 Å². The van der Waals surface area contributed by atoms with Crippen molar-refractivity contribution in [3.8, 4) is 0 Å². The lowest BCUT2D eigenvalue weighted by molar-refractivity contribution is 1.11. The fourth-order valence-corrected chi connectivity index (χ4v) is 1.98. The Bertz CT molecular complexity index is 697. The Balaban J connectivity index is 2.57. The van der Waals surface area contributed by atoms with Crippen LogP contribution in [0.1, 0.15) is 11.1 Å². The molecule has 0 radical (unpaired) electrons. The number of hydrogen-bond acceptors (Lipinski definition) is 3. The van der Waals surface area contributed by atoms with E-state index in [0.717, 1.165) is 21.9 Å². The summed E-state index contributed by atoms with van der Waals surface area (Å²) in [6.07, 6.45) is 0. The molecule has 1 aromatic carbocycles. The summed E-state index contributed by atoms with van der Waals surface area (Å²) in [4.78, 5) is 4.54. The van der Waals surface area contributed by atoms with Crippen molar-refractivity contribution in [2.75, 3.05) is 5.73 Å². The Morgan fingerprint density at radius 2 is 1.88 bits per heavy atom. The van der Waals surface area contributed by atoms with Gasteiger partial charge in [0.2, 0.25) is 0 Å². The Morgan fingerprint density at radius 3 is 2.69 bits per heavy atom. The first-order chi connectivity index (χ1) is 7.66. The van der Waals surface area contributed by atoms with Crippen LogP contribution in [0.4, 0.5) is 5.82 Å². The predicted octanol–water partition coefficient (Wildman–Crippen LogP) is 2.31. The number of benzene rings is 1. The van der Waals surface area contributed by atoms with Gasteiger partial charge in [0, 0.05) is 5.39 Å². The molecule has 0 amide bonds. The highest BCUT2D eigenvalue weighted by molar-refractivity contribution is 5.98. The van der Waals surface area contributed by atoms with Crippen molar-refractivity contribution in [2.24, 2.45) is 0 Å². The van der Waals surface area contributed by atoms with Crippen LogP contribution in [-0.2, 0) is 0 Å². The first-order valence-corrected chi connectivity index (χ1v) is 5.17. The maximum atomic E-state index is 5.80. The Kier molecular flexibility index (Phi) is 1.68. The summed E-state index contributed by atoms with van der Waals surface area (Å²) in [5, 5.41) is 8.86. The molecule has 4 heteroatoms. The molecule has 2 aromatic heterocycles. The van der Waals surface area contributed by atoms with Gasteiger partial charge in [-0.05, 0) is 31.0 Å². The van der Waals surface area contributed by atoms with Gasteiger partial charge in [0.05, 0.1) is 10.9 Å². The number of aromatic amines is 1. The van der Waals surface area contributed by atoms with E-state index in [4.69, 9.17) is 5.73 Å². The lowest BCUT2D eigenvalue weighted by Crippen LogP contribution is -1.88. The van der Waals surface area contributed by atoms with Crippen molar-refractivity contribution in [1.29, 1.82) is 0 Å². The van der Waals surface area contributed by atoms with Crippen LogP contribution >= 0.6 is 0 Å². The van der Waals surface area contributed by atoms with Crippen LogP contribution in [0.3, 0.4) is 0 Å². The van der Waals surface area contributed by atoms with Crippen LogP contribution in [0.15, 0.2) is 18.2 Å². The quantitative estimate of drug-likeness (QED) is 0.600. The molecule has 2 heterocycles. The van der Waals surface area contributed by atoms with Crippen molar-refractivity contribution in [3.63, 3.8) is 0 Å². The molecule has 16 heavy (non-hydrogen) atoms. The zero-order valence-corrected chi connectivity index (χ0v) is 9.20. The van der Waals surface area contributed by atoms with Gasteiger partial charge in [-0.15, -0.1) is 0 Å². The number of nitrogens with two attached hydrogens (primary N) is 1. The third-order valence-electron chi connectivity index (χ3n) is 2.96. The number of H-pyrrole nitrogens is 1. The monoisotopic (exact) mass is 212 g/mol. The summed E-state index contributed by atoms with van der Waals surface area (Å²) in [6, 6.07) is 6.23. The number of nitrogens with one attached hydrogen (secondary N) is 1. The molecule has 0 saturated carbocycles. The number of fused-ring (bicyclic) bond motifs is 2. The molecular formula is C12H12N4. The highest BCUT2D eigenvalue weighted by Crippen LogP contribution is 2.26. The second kappa shape index (κ2) is 2.95. The first kappa shape index (κ1) is 9.15. The molecule has 4 nitrogen and oxygen atoms in total. The number of nitrogens with zero attached hydrogens (tertiary/aromatic N) is 2. The molecule has 0 aliphatic carbocycles. The molecule has 0 unspecified atom stereocenters. The normalized spacial score (nSPS) is 11.4. The number of pyridine rings is 1. The molecule has 0 saturated heterocycles. The van der Waals surface area contributed by atoms with Gasteiger partial charge >= 0.3 is 0 Å². The van der Waals surface area contributed by atoms with Gasteiger partial charge in [0.15, 0.2) is 5.65 Å². The van der Waals surface area contributed by atoms with Crippen LogP contribution in [0.25, 0.3) is 21.9 Å². The number of aryl methyl sites for hydroxylation is 2. The zero-order valence-electron chi connectivity index (χ0n) is 9.20. The summed E-state index contributed by atoms with van der Waals surface area (Å²) in [5.41, 5.74) is 9.84. The fourth-order valence-electron chi connectivity index (χ4n) is 1.98. The van der Waals surface area contributed by atoms with Crippen molar-refractivity contribution in [3.05, 3.63) is 29.3 Å². The molecule has 3 N–H and O–H groups in total. The largest absolute Gasteiger partial charge is 0.384 e. The molecule has 0 spiro atoms. The van der Waals surface area contributed by atoms with E-state index in [-0.39, 0.29) is 0 Å². The number of aromatic nitrogens is 3. The zero-order chi connectivity index (χ0) is 11.3. The topological polar surface area (TPSA) is 67.6 Å². The third-order valence-corrected chi connectivity index (χ3v) is 2.96. The van der Waals surface area contributed by atoms with E-state index >= 15 is 0 Å². The summed E-state index contributed by atoms with van der Waals surface area (Å²) >= 11 is 0. The minimum atomic E-state index is 0.574. The lowest BCUT2D eigenvalue weighted by atomic mass is 10.0. The number of anilines is 1. The van der Waals surface area contributed by atoms with Crippen LogP contribution in [0.5, 0.6) is 0 Å². The fraction of sp³-hybridized carbons (Fsp3) is 0.167. The van der Waals surface area contributed by atoms with Gasteiger partial charge in [0.1, 0.15) is 5.82 Å². The van der Waals surface area contributed by atoms with E-state index in [1.54, 1.807) is 0 Å². The Morgan fingerprint density at radius 1 is 1.12 bits per heavy atom. The SMILES string of the molecule is Cc1ccc(C)c2nc3n[nH]c(N)c3cc12. The van der Waals surface area contributed by atoms with E-state index < -0.39 is 0 Å². The summed E-state index contributed by atoms with van der Waals surface area (Å²) in [7, 11) is 0. The van der Waals surface area contributed by atoms with E-state index in [9.17, 15) is 0 Å². The van der Waals surface area contributed by atoms with Crippen LogP contribution in [0, 0.1) is 13.8 Å². The summed E-state index contributed by atoms with van der Waals surface area (Å²) < 4.78 is 0. The second-order valence-corrected chi connectivity index (χ2v) is 4.09. The van der Waals surface area contributed by atoms with Gasteiger partial charge in [-0.1, -0.05) is 12.1 Å². The standard InChI is InChI=1S/C12H12N4/c1-6-3-4-7(2)10-8(6)5-9-11(13)15-16-12(9)14-10/h3-5H,1-2H3,(H3,13,14,15,16). The van der Waals surface area contributed by atoms with Crippen molar-refractivity contribution < 1.29 is 0 Å². The molecule has 0 aliphatic rings. The molecule has 0 aliphatic heterocycles. The highest BCUT2D eigenvalue weighted by atomic mass is 15.2. The van der Waals surface area contributed by atoms with Gasteiger partial charge in [0.25, 0.3) is 0 Å². The molecule has 80 valence electrons. The summed E-state index contributed by atoms with van der Waals surface area (Å²) in [5.74, 6) is 0.574. The number of hydrogen-bond donors (Lipinski definition) is 2. The maximum Gasteiger partial charge on any atom is 0.183 e. The molecule has 0 bridgehead atoms. The number of rotatable bonds is 0. The average Bonchev–Trinajstić information content (AvgIpc) is 2.64. The minimum absolute atomic E-state index is 0.574. The molecule has 3 rings (SSSR count). The lowest BCUT2D eigenvalue weighted by Gasteiger charge is -2.04. The molecular weight excluding hydrogens is 200 g/mol. The van der Waals surface area contributed by atoms with E-state index in [2.05, 4.69) is 47.2 Å². The smallest absolute Gasteiger partial charge is 0.183 e. The van der Waals surface area contributed by atoms with Crippen molar-refractivity contribution >= 4 is 27.8 Å². The predicted molar refractivity (Wildman–Crippen MR) is 65.3 cm³/mol. The second-order valence-electron chi connectivity index (χ2n) is 4.09. The molecule has 0 fully saturated rings. The van der Waals surface area contributed by atoms with Crippen LogP contribution in [0.2, 0.25) is 0 Å². The van der Waals surface area contributed by atoms with E-state index in [1.165, 1.54) is 5.56 Å². The molecule has 0 atom stereocenters. The average molecular weight is 212 g/mol. The van der Waals surface area contributed by atoms with Crippen molar-refractivity contribution in [1.82, 2.24) is 15.2 Å². The van der Waals surface area contributed by atoms with Gasteiger partial charge in [-0.25, -0.2) is 4.98 Å². The van der Waals surface area contributed by atoms with Crippen molar-refractivity contribution in [2.45, 2.75) is 13.8 Å². The van der Waals surface area contributed by atoms with Gasteiger partial charge in [-0.3, -0.25) is 5.10 Å². The molecule has 3 aromatic rings. The number of nitrogen functional groups attached to an aromatic ring is 1. The minimum Gasteiger partial charge on any atom is -0.384 e. The maximum absolute atomic E-state index is 5.80. The highest BCUT2D eigenvalue weighted by Gasteiger charge is 2.08.